The topological polar surface area (TPSA) is 80.3 Å². The van der Waals surface area contributed by atoms with Crippen LogP contribution in [0, 0.1) is 0 Å². The Labute approximate surface area is 163 Å². The molecule has 2 heterocycles. The van der Waals surface area contributed by atoms with Gasteiger partial charge < -0.3 is 15.4 Å². The van der Waals surface area contributed by atoms with Crippen LogP contribution in [0.2, 0.25) is 5.02 Å². The maximum Gasteiger partial charge on any atom is 0.269 e. The minimum atomic E-state index is -0.306. The molecule has 2 N–H and O–H groups in total. The van der Waals surface area contributed by atoms with Crippen molar-refractivity contribution in [3.05, 3.63) is 64.4 Å². The second-order valence-electron chi connectivity index (χ2n) is 6.41. The van der Waals surface area contributed by atoms with Gasteiger partial charge >= 0.3 is 0 Å². The number of nitrogens with zero attached hydrogens (tertiary/aromatic N) is 1. The van der Waals surface area contributed by atoms with E-state index in [2.05, 4.69) is 15.6 Å². The fourth-order valence-corrected chi connectivity index (χ4v) is 3.13. The van der Waals surface area contributed by atoms with Crippen molar-refractivity contribution in [1.29, 1.82) is 0 Å². The maximum absolute atomic E-state index is 12.3. The number of pyridine rings is 1. The zero-order valence-corrected chi connectivity index (χ0v) is 15.7. The van der Waals surface area contributed by atoms with Gasteiger partial charge in [0.1, 0.15) is 5.69 Å². The summed E-state index contributed by atoms with van der Waals surface area (Å²) in [7, 11) is 0. The number of hydrogen-bond donors (Lipinski definition) is 2. The van der Waals surface area contributed by atoms with E-state index >= 15 is 0 Å². The average Bonchev–Trinajstić information content (AvgIpc) is 3.20. The molecule has 1 aliphatic heterocycles. The molecule has 6 nitrogen and oxygen atoms in total. The van der Waals surface area contributed by atoms with Crippen molar-refractivity contribution >= 4 is 23.4 Å². The highest BCUT2D eigenvalue weighted by Crippen LogP contribution is 2.12. The molecule has 1 aromatic carbocycles. The number of aromatic nitrogens is 1. The third-order valence-electron chi connectivity index (χ3n) is 4.36. The molecule has 1 aliphatic rings. The number of benzene rings is 1. The fraction of sp³-hybridized carbons (Fsp3) is 0.350. The van der Waals surface area contributed by atoms with E-state index in [1.54, 1.807) is 6.07 Å². The van der Waals surface area contributed by atoms with Crippen molar-refractivity contribution in [1.82, 2.24) is 15.6 Å². The smallest absolute Gasteiger partial charge is 0.269 e. The van der Waals surface area contributed by atoms with Gasteiger partial charge in [-0.2, -0.15) is 0 Å². The summed E-state index contributed by atoms with van der Waals surface area (Å²) in [5, 5.41) is 6.33. The number of carbonyl (C=O) groups is 2. The Kier molecular flexibility index (Phi) is 6.79. The van der Waals surface area contributed by atoms with Crippen LogP contribution >= 0.6 is 11.6 Å². The fourth-order valence-electron chi connectivity index (χ4n) is 2.91. The van der Waals surface area contributed by atoms with Crippen LogP contribution in [0.3, 0.4) is 0 Å². The summed E-state index contributed by atoms with van der Waals surface area (Å²) in [6.07, 6.45) is 4.16. The lowest BCUT2D eigenvalue weighted by atomic mass is 10.1. The largest absolute Gasteiger partial charge is 0.376 e. The van der Waals surface area contributed by atoms with Gasteiger partial charge in [-0.3, -0.25) is 14.6 Å². The molecule has 1 saturated heterocycles. The maximum atomic E-state index is 12.3. The first-order valence-electron chi connectivity index (χ1n) is 9.00. The zero-order chi connectivity index (χ0) is 19.1. The number of ether oxygens (including phenoxy) is 1. The van der Waals surface area contributed by atoms with E-state index in [1.807, 2.05) is 24.3 Å². The van der Waals surface area contributed by atoms with E-state index in [4.69, 9.17) is 16.3 Å². The second-order valence-corrected chi connectivity index (χ2v) is 6.85. The first-order chi connectivity index (χ1) is 13.1. The minimum absolute atomic E-state index is 0.0620. The average molecular weight is 388 g/mol. The molecule has 0 aliphatic carbocycles. The molecule has 0 radical (unpaired) electrons. The van der Waals surface area contributed by atoms with Gasteiger partial charge in [-0.15, -0.1) is 0 Å². The van der Waals surface area contributed by atoms with Crippen LogP contribution in [-0.2, 0) is 11.2 Å². The van der Waals surface area contributed by atoms with Crippen LogP contribution in [0.25, 0.3) is 0 Å². The molecule has 1 atom stereocenters. The van der Waals surface area contributed by atoms with Crippen LogP contribution in [0.5, 0.6) is 0 Å². The summed E-state index contributed by atoms with van der Waals surface area (Å²) in [4.78, 5) is 28.6. The third kappa shape index (κ3) is 5.77. The lowest BCUT2D eigenvalue weighted by Gasteiger charge is -2.11. The number of hydrogen-bond acceptors (Lipinski definition) is 4. The highest BCUT2D eigenvalue weighted by atomic mass is 35.5. The van der Waals surface area contributed by atoms with E-state index in [0.29, 0.717) is 30.1 Å². The Morgan fingerprint density at radius 3 is 2.85 bits per heavy atom. The summed E-state index contributed by atoms with van der Waals surface area (Å²) in [6, 6.07) is 10.6. The number of halogens is 1. The summed E-state index contributed by atoms with van der Waals surface area (Å²) < 4.78 is 5.48. The molecule has 27 heavy (non-hydrogen) atoms. The molecule has 2 aromatic rings. The molecule has 1 unspecified atom stereocenters. The molecule has 0 saturated carbocycles. The molecule has 3 rings (SSSR count). The lowest BCUT2D eigenvalue weighted by Crippen LogP contribution is -2.32. The quantitative estimate of drug-likeness (QED) is 0.765. The summed E-state index contributed by atoms with van der Waals surface area (Å²) in [5.74, 6) is -0.549. The van der Waals surface area contributed by atoms with Crippen molar-refractivity contribution in [3.8, 4) is 0 Å². The Hall–Kier alpha value is -2.44. The van der Waals surface area contributed by atoms with Crippen molar-refractivity contribution in [2.45, 2.75) is 25.4 Å². The number of amides is 2. The van der Waals surface area contributed by atoms with Gasteiger partial charge in [-0.25, -0.2) is 0 Å². The molecule has 142 valence electrons. The minimum Gasteiger partial charge on any atom is -0.376 e. The highest BCUT2D eigenvalue weighted by Gasteiger charge is 2.17. The van der Waals surface area contributed by atoms with Crippen molar-refractivity contribution < 1.29 is 14.3 Å². The molecular weight excluding hydrogens is 366 g/mol. The molecule has 0 spiro atoms. The van der Waals surface area contributed by atoms with Crippen LogP contribution < -0.4 is 10.6 Å². The van der Waals surface area contributed by atoms with E-state index in [0.717, 1.165) is 25.0 Å². The third-order valence-corrected chi connectivity index (χ3v) is 4.59. The normalized spacial score (nSPS) is 16.1. The van der Waals surface area contributed by atoms with Gasteiger partial charge in [-0.1, -0.05) is 23.7 Å². The number of carbonyl (C=O) groups excluding carboxylic acids is 2. The summed E-state index contributed by atoms with van der Waals surface area (Å²) >= 11 is 5.96. The van der Waals surface area contributed by atoms with Crippen molar-refractivity contribution in [3.63, 3.8) is 0 Å². The SMILES string of the molecule is O=C(NCCc1cccc(Cl)c1)c1ccnc(C(=O)NCC2CCCO2)c1. The summed E-state index contributed by atoms with van der Waals surface area (Å²) in [5.41, 5.74) is 1.67. The van der Waals surface area contributed by atoms with Crippen LogP contribution in [-0.4, -0.2) is 42.6 Å². The molecule has 1 fully saturated rings. The van der Waals surface area contributed by atoms with E-state index < -0.39 is 0 Å². The summed E-state index contributed by atoms with van der Waals surface area (Å²) in [6.45, 7) is 1.67. The zero-order valence-electron chi connectivity index (χ0n) is 14.9. The highest BCUT2D eigenvalue weighted by molar-refractivity contribution is 6.30. The monoisotopic (exact) mass is 387 g/mol. The Morgan fingerprint density at radius 1 is 1.19 bits per heavy atom. The molecule has 1 aromatic heterocycles. The molecular formula is C20H22ClN3O3. The first kappa shape index (κ1) is 19.3. The number of rotatable bonds is 7. The van der Waals surface area contributed by atoms with Crippen LogP contribution in [0.4, 0.5) is 0 Å². The predicted octanol–water partition coefficient (Wildman–Crippen LogP) is 2.62. The first-order valence-corrected chi connectivity index (χ1v) is 9.38. The lowest BCUT2D eigenvalue weighted by molar-refractivity contribution is 0.0853. The van der Waals surface area contributed by atoms with Crippen molar-refractivity contribution in [2.75, 3.05) is 19.7 Å². The standard InChI is InChI=1S/C20H22ClN3O3/c21-16-4-1-3-14(11-16)6-8-23-19(25)15-7-9-22-18(12-15)20(26)24-13-17-5-2-10-27-17/h1,3-4,7,9,11-12,17H,2,5-6,8,10,13H2,(H,23,25)(H,24,26). The van der Waals surface area contributed by atoms with Gasteiger partial charge in [0.15, 0.2) is 0 Å². The Morgan fingerprint density at radius 2 is 2.07 bits per heavy atom. The molecule has 0 bridgehead atoms. The van der Waals surface area contributed by atoms with E-state index in [-0.39, 0.29) is 23.6 Å². The molecule has 7 heteroatoms. The molecule has 2 amide bonds. The van der Waals surface area contributed by atoms with Gasteiger partial charge in [0.05, 0.1) is 6.10 Å². The van der Waals surface area contributed by atoms with Crippen molar-refractivity contribution in [2.24, 2.45) is 0 Å². The van der Waals surface area contributed by atoms with Gasteiger partial charge in [0.25, 0.3) is 11.8 Å². The van der Waals surface area contributed by atoms with E-state index in [9.17, 15) is 9.59 Å². The predicted molar refractivity (Wildman–Crippen MR) is 103 cm³/mol. The van der Waals surface area contributed by atoms with Gasteiger partial charge in [0.2, 0.25) is 0 Å². The van der Waals surface area contributed by atoms with E-state index in [1.165, 1.54) is 12.3 Å². The van der Waals surface area contributed by atoms with Gasteiger partial charge in [0, 0.05) is 36.5 Å². The Balaban J connectivity index is 1.50. The van der Waals surface area contributed by atoms with Crippen LogP contribution in [0.15, 0.2) is 42.6 Å². The number of nitrogens with one attached hydrogen (secondary N) is 2. The van der Waals surface area contributed by atoms with Crippen LogP contribution in [0.1, 0.15) is 39.3 Å². The van der Waals surface area contributed by atoms with Gasteiger partial charge in [-0.05, 0) is 49.1 Å². The Bertz CT molecular complexity index is 807. The second kappa shape index (κ2) is 9.48.